The van der Waals surface area contributed by atoms with E-state index in [4.69, 9.17) is 24.8 Å². The van der Waals surface area contributed by atoms with Crippen molar-refractivity contribution in [2.75, 3.05) is 19.8 Å². The second kappa shape index (κ2) is 36.2. The number of nitrogens with two attached hydrogens (primary N) is 1. The molecule has 0 rings (SSSR count). The van der Waals surface area contributed by atoms with Gasteiger partial charge in [0.2, 0.25) is 0 Å². The zero-order valence-corrected chi connectivity index (χ0v) is 35.1. The van der Waals surface area contributed by atoms with E-state index in [2.05, 4.69) is 11.4 Å². The maximum atomic E-state index is 12.6. The lowest BCUT2D eigenvalue weighted by molar-refractivity contribution is -0.161. The van der Waals surface area contributed by atoms with Crippen LogP contribution in [0.2, 0.25) is 0 Å². The largest absolute Gasteiger partial charge is 0.480 e. The summed E-state index contributed by atoms with van der Waals surface area (Å²) in [7, 11) is -4.81. The Hall–Kier alpha value is -2.94. The Bertz CT molecular complexity index is 1250. The van der Waals surface area contributed by atoms with Gasteiger partial charge in [0.15, 0.2) is 6.10 Å². The van der Waals surface area contributed by atoms with Gasteiger partial charge in [-0.3, -0.25) is 23.4 Å². The van der Waals surface area contributed by atoms with E-state index in [1.54, 1.807) is 42.5 Å². The van der Waals surface area contributed by atoms with Gasteiger partial charge < -0.3 is 40.5 Å². The molecule has 0 bridgehead atoms. The van der Waals surface area contributed by atoms with Gasteiger partial charge in [0.25, 0.3) is 0 Å². The van der Waals surface area contributed by atoms with Crippen molar-refractivity contribution in [3.63, 3.8) is 0 Å². The van der Waals surface area contributed by atoms with Crippen LogP contribution in [0.3, 0.4) is 0 Å². The Morgan fingerprint density at radius 3 is 1.77 bits per heavy atom. The van der Waals surface area contributed by atoms with Crippen molar-refractivity contribution in [1.29, 1.82) is 0 Å². The quantitative estimate of drug-likeness (QED) is 0.0119. The molecule has 0 spiro atoms. The van der Waals surface area contributed by atoms with Crippen LogP contribution in [0.4, 0.5) is 0 Å². The number of rotatable bonds is 37. The number of aliphatic hydroxyl groups is 3. The van der Waals surface area contributed by atoms with Crippen molar-refractivity contribution in [1.82, 2.24) is 0 Å². The molecule has 15 heteroatoms. The molecule has 0 aliphatic carbocycles. The Balaban J connectivity index is 4.76. The number of ether oxygens (including phenoxy) is 2. The molecule has 57 heavy (non-hydrogen) atoms. The molecule has 0 aromatic heterocycles. The van der Waals surface area contributed by atoms with Gasteiger partial charge in [-0.2, -0.15) is 0 Å². The summed E-state index contributed by atoms with van der Waals surface area (Å²) in [6.07, 6.45) is 29.5. The van der Waals surface area contributed by atoms with E-state index in [1.165, 1.54) is 63.9 Å². The molecule has 0 aliphatic heterocycles. The fourth-order valence-corrected chi connectivity index (χ4v) is 6.01. The average molecular weight is 830 g/mol. The first-order valence-electron chi connectivity index (χ1n) is 20.6. The molecular formula is C42H72NO13P. The average Bonchev–Trinajstić information content (AvgIpc) is 3.17. The fraction of sp³-hybridized carbons (Fsp3) is 0.690. The van der Waals surface area contributed by atoms with Gasteiger partial charge in [-0.15, -0.1) is 0 Å². The van der Waals surface area contributed by atoms with Crippen LogP contribution in [0.5, 0.6) is 0 Å². The minimum atomic E-state index is -4.81. The molecule has 0 aliphatic rings. The van der Waals surface area contributed by atoms with Crippen LogP contribution < -0.4 is 5.73 Å². The van der Waals surface area contributed by atoms with E-state index in [-0.39, 0.29) is 25.7 Å². The first-order valence-corrected chi connectivity index (χ1v) is 22.1. The van der Waals surface area contributed by atoms with E-state index >= 15 is 0 Å². The van der Waals surface area contributed by atoms with Crippen molar-refractivity contribution in [2.45, 2.75) is 166 Å². The summed E-state index contributed by atoms with van der Waals surface area (Å²) < 4.78 is 32.4. The third-order valence-electron chi connectivity index (χ3n) is 8.62. The Morgan fingerprint density at radius 2 is 1.19 bits per heavy atom. The number of aliphatic carboxylic acids is 1. The molecule has 0 radical (unpaired) electrons. The summed E-state index contributed by atoms with van der Waals surface area (Å²) in [5.41, 5.74) is 5.30. The summed E-state index contributed by atoms with van der Waals surface area (Å²) in [5, 5.41) is 39.3. The van der Waals surface area contributed by atoms with Gasteiger partial charge >= 0.3 is 25.7 Å². The Morgan fingerprint density at radius 1 is 0.667 bits per heavy atom. The predicted molar refractivity (Wildman–Crippen MR) is 221 cm³/mol. The highest BCUT2D eigenvalue weighted by molar-refractivity contribution is 7.47. The molecular weight excluding hydrogens is 757 g/mol. The van der Waals surface area contributed by atoms with Crippen LogP contribution >= 0.6 is 7.82 Å². The molecule has 14 nitrogen and oxygen atoms in total. The first kappa shape index (κ1) is 54.1. The molecule has 0 heterocycles. The first-order chi connectivity index (χ1) is 27.3. The van der Waals surface area contributed by atoms with E-state index in [0.717, 1.165) is 25.7 Å². The van der Waals surface area contributed by atoms with Gasteiger partial charge in [-0.25, -0.2) is 4.57 Å². The Kier molecular flexibility index (Phi) is 34.3. The fourth-order valence-electron chi connectivity index (χ4n) is 5.23. The molecule has 0 saturated heterocycles. The van der Waals surface area contributed by atoms with Crippen LogP contribution in [0, 0.1) is 0 Å². The maximum absolute atomic E-state index is 12.6. The Labute approximate surface area is 340 Å². The number of carbonyl (C=O) groups is 3. The number of carboxylic acids is 1. The highest BCUT2D eigenvalue weighted by Crippen LogP contribution is 2.43. The van der Waals surface area contributed by atoms with E-state index in [0.29, 0.717) is 12.8 Å². The van der Waals surface area contributed by atoms with Crippen molar-refractivity contribution < 1.29 is 62.8 Å². The molecule has 1 unspecified atom stereocenters. The summed E-state index contributed by atoms with van der Waals surface area (Å²) >= 11 is 0. The van der Waals surface area contributed by atoms with Gasteiger partial charge in [-0.05, 0) is 32.1 Å². The van der Waals surface area contributed by atoms with Crippen LogP contribution in [0.15, 0.2) is 60.8 Å². The third-order valence-corrected chi connectivity index (χ3v) is 9.57. The second-order valence-corrected chi connectivity index (χ2v) is 15.4. The molecule has 0 aromatic carbocycles. The van der Waals surface area contributed by atoms with Gasteiger partial charge in [0.1, 0.15) is 12.6 Å². The second-order valence-electron chi connectivity index (χ2n) is 14.0. The number of esters is 2. The van der Waals surface area contributed by atoms with Gasteiger partial charge in [0, 0.05) is 12.8 Å². The highest BCUT2D eigenvalue weighted by atomic mass is 31.2. The third kappa shape index (κ3) is 34.8. The number of carbonyl (C=O) groups excluding carboxylic acids is 2. The van der Waals surface area contributed by atoms with Crippen LogP contribution in [0.25, 0.3) is 0 Å². The van der Waals surface area contributed by atoms with E-state index in [9.17, 15) is 39.2 Å². The molecule has 328 valence electrons. The summed E-state index contributed by atoms with van der Waals surface area (Å²) in [4.78, 5) is 45.9. The highest BCUT2D eigenvalue weighted by Gasteiger charge is 2.28. The van der Waals surface area contributed by atoms with Crippen molar-refractivity contribution in [3.8, 4) is 0 Å². The molecule has 0 fully saturated rings. The van der Waals surface area contributed by atoms with Crippen LogP contribution in [-0.4, -0.2) is 93.5 Å². The molecule has 7 N–H and O–H groups in total. The summed E-state index contributed by atoms with van der Waals surface area (Å²) in [6, 6.07) is -1.58. The molecule has 0 amide bonds. The minimum Gasteiger partial charge on any atom is -0.480 e. The van der Waals surface area contributed by atoms with Crippen molar-refractivity contribution in [3.05, 3.63) is 60.8 Å². The smallest absolute Gasteiger partial charge is 0.472 e. The number of hydrogen-bond donors (Lipinski definition) is 6. The number of phosphoric ester groups is 1. The number of allylic oxidation sites excluding steroid dienone is 7. The standard InChI is InChI=1S/C42H72NO13P/c1-3-5-7-8-9-10-11-12-13-14-15-20-24-30-40(47)53-32-36(33-54-57(51,52)55-34-37(43)42(49)50)56-41(48)31-25-29-39(46)38(45)28-23-19-17-16-18-22-27-35(44)26-21-6-4-2/h6,16-19,21-23,27-28,35-39,44-46H,3-5,7-15,20,24-26,29-34,43H2,1-2H3,(H,49,50)(H,51,52)/b18-16+,19-17-,21-6-,27-22+,28-23-/t35-,36+,37-,38+,39+/m0/s1. The maximum Gasteiger partial charge on any atom is 0.472 e. The number of phosphoric acid groups is 1. The van der Waals surface area contributed by atoms with Gasteiger partial charge in [-0.1, -0.05) is 152 Å². The number of aliphatic hydroxyl groups excluding tert-OH is 3. The monoisotopic (exact) mass is 829 g/mol. The molecule has 0 aromatic rings. The lowest BCUT2D eigenvalue weighted by Crippen LogP contribution is -2.34. The van der Waals surface area contributed by atoms with Gasteiger partial charge in [0.05, 0.1) is 31.5 Å². The molecule has 6 atom stereocenters. The summed E-state index contributed by atoms with van der Waals surface area (Å²) in [5.74, 6) is -2.76. The van der Waals surface area contributed by atoms with Crippen molar-refractivity contribution >= 4 is 25.7 Å². The number of unbranched alkanes of at least 4 members (excludes halogenated alkanes) is 12. The topological polar surface area (TPSA) is 232 Å². The minimum absolute atomic E-state index is 0.0452. The molecule has 0 saturated carbocycles. The van der Waals surface area contributed by atoms with Crippen LogP contribution in [0.1, 0.15) is 136 Å². The van der Waals surface area contributed by atoms with E-state index in [1.807, 2.05) is 19.1 Å². The number of hydrogen-bond acceptors (Lipinski definition) is 12. The predicted octanol–water partition coefficient (Wildman–Crippen LogP) is 7.30. The lowest BCUT2D eigenvalue weighted by Gasteiger charge is -2.20. The van der Waals surface area contributed by atoms with E-state index < -0.39 is 76.0 Å². The SMILES string of the molecule is CC/C=C\C[C@H](O)/C=C/C=C/C=C\C=C/[C@@H](O)[C@H](O)CCCC(=O)O[C@H](COC(=O)CCCCCCCCCCCCCCC)COP(=O)(O)OC[C@H](N)C(=O)O. The van der Waals surface area contributed by atoms with Crippen LogP contribution in [-0.2, 0) is 37.5 Å². The normalized spacial score (nSPS) is 16.1. The zero-order chi connectivity index (χ0) is 42.6. The lowest BCUT2D eigenvalue weighted by atomic mass is 10.0. The summed E-state index contributed by atoms with van der Waals surface area (Å²) in [6.45, 7) is 2.24. The number of carboxylic acid groups (broad SMARTS) is 1. The zero-order valence-electron chi connectivity index (χ0n) is 34.2. The van der Waals surface area contributed by atoms with Crippen molar-refractivity contribution in [2.24, 2.45) is 5.73 Å².